The summed E-state index contributed by atoms with van der Waals surface area (Å²) in [6.07, 6.45) is 6.61. The van der Waals surface area contributed by atoms with Crippen LogP contribution in [0.1, 0.15) is 55.7 Å². The maximum atomic E-state index is 12.9. The fourth-order valence-corrected chi connectivity index (χ4v) is 4.12. The molecule has 0 aliphatic heterocycles. The molecule has 1 fully saturated rings. The lowest BCUT2D eigenvalue weighted by Gasteiger charge is -2.41. The second-order valence-corrected chi connectivity index (χ2v) is 6.67. The van der Waals surface area contributed by atoms with E-state index < -0.39 is 0 Å². The van der Waals surface area contributed by atoms with Crippen molar-refractivity contribution in [1.29, 1.82) is 0 Å². The van der Waals surface area contributed by atoms with Gasteiger partial charge in [-0.15, -0.1) is 0 Å². The van der Waals surface area contributed by atoms with Crippen LogP contribution in [0, 0.1) is 12.8 Å². The largest absolute Gasteiger partial charge is 0.497 e. The molecular formula is C18H24O2. The zero-order valence-corrected chi connectivity index (χ0v) is 12.8. The summed E-state index contributed by atoms with van der Waals surface area (Å²) in [5.74, 6) is 1.59. The van der Waals surface area contributed by atoms with Gasteiger partial charge in [-0.25, -0.2) is 0 Å². The average molecular weight is 272 g/mol. The van der Waals surface area contributed by atoms with E-state index in [1.54, 1.807) is 7.11 Å². The van der Waals surface area contributed by atoms with Gasteiger partial charge in [-0.1, -0.05) is 19.3 Å². The van der Waals surface area contributed by atoms with Crippen LogP contribution in [-0.4, -0.2) is 12.9 Å². The van der Waals surface area contributed by atoms with Gasteiger partial charge in [0, 0.05) is 5.92 Å². The zero-order valence-electron chi connectivity index (χ0n) is 12.8. The standard InChI is InChI=1S/C18H24O2/c1-12-9-14(20-3)11-16-15(12)10-13-7-5-4-6-8-18(16,2)17(13)19/h9,11,13H,4-8,10H2,1-3H3. The molecule has 1 aromatic carbocycles. The molecule has 2 unspecified atom stereocenters. The van der Waals surface area contributed by atoms with Crippen molar-refractivity contribution in [2.75, 3.05) is 7.11 Å². The Morgan fingerprint density at radius 3 is 2.80 bits per heavy atom. The third-order valence-corrected chi connectivity index (χ3v) is 5.37. The molecule has 1 saturated carbocycles. The van der Waals surface area contributed by atoms with Gasteiger partial charge in [-0.2, -0.15) is 0 Å². The van der Waals surface area contributed by atoms with Crippen LogP contribution in [0.2, 0.25) is 0 Å². The van der Waals surface area contributed by atoms with Gasteiger partial charge >= 0.3 is 0 Å². The summed E-state index contributed by atoms with van der Waals surface area (Å²) < 4.78 is 5.42. The van der Waals surface area contributed by atoms with Gasteiger partial charge in [0.1, 0.15) is 11.5 Å². The molecule has 2 atom stereocenters. The molecule has 108 valence electrons. The minimum absolute atomic E-state index is 0.236. The van der Waals surface area contributed by atoms with Crippen molar-refractivity contribution in [2.45, 2.75) is 57.8 Å². The maximum absolute atomic E-state index is 12.9. The van der Waals surface area contributed by atoms with Crippen LogP contribution in [0.15, 0.2) is 12.1 Å². The first-order valence-electron chi connectivity index (χ1n) is 7.78. The van der Waals surface area contributed by atoms with Gasteiger partial charge in [-0.3, -0.25) is 4.79 Å². The molecule has 2 aliphatic carbocycles. The van der Waals surface area contributed by atoms with Crippen molar-refractivity contribution in [3.8, 4) is 5.75 Å². The van der Waals surface area contributed by atoms with E-state index in [0.717, 1.165) is 31.4 Å². The third kappa shape index (κ3) is 1.97. The molecule has 2 nitrogen and oxygen atoms in total. The molecule has 3 rings (SSSR count). The van der Waals surface area contributed by atoms with Crippen LogP contribution in [0.3, 0.4) is 0 Å². The summed E-state index contributed by atoms with van der Waals surface area (Å²) in [5, 5.41) is 0. The monoisotopic (exact) mass is 272 g/mol. The number of hydrogen-bond acceptors (Lipinski definition) is 2. The van der Waals surface area contributed by atoms with Gasteiger partial charge in [0.05, 0.1) is 12.5 Å². The second kappa shape index (κ2) is 4.91. The molecule has 0 amide bonds. The lowest BCUT2D eigenvalue weighted by molar-refractivity contribution is -0.129. The minimum atomic E-state index is -0.294. The molecule has 0 aromatic heterocycles. The Morgan fingerprint density at radius 2 is 2.05 bits per heavy atom. The SMILES string of the molecule is COc1cc(C)c2c(c1)C1(C)CCCCCC(C2)C1=O. The zero-order chi connectivity index (χ0) is 14.3. The highest BCUT2D eigenvalue weighted by Crippen LogP contribution is 2.45. The van der Waals surface area contributed by atoms with Crippen LogP contribution in [0.25, 0.3) is 0 Å². The molecule has 0 heterocycles. The van der Waals surface area contributed by atoms with Crippen molar-refractivity contribution in [1.82, 2.24) is 0 Å². The fraction of sp³-hybridized carbons (Fsp3) is 0.611. The fourth-order valence-electron chi connectivity index (χ4n) is 4.12. The topological polar surface area (TPSA) is 26.3 Å². The molecule has 0 N–H and O–H groups in total. The number of rotatable bonds is 1. The van der Waals surface area contributed by atoms with Gasteiger partial charge in [0.25, 0.3) is 0 Å². The Morgan fingerprint density at radius 1 is 1.25 bits per heavy atom. The number of ether oxygens (including phenoxy) is 1. The summed E-state index contributed by atoms with van der Waals surface area (Å²) in [6, 6.07) is 4.22. The van der Waals surface area contributed by atoms with E-state index in [1.807, 2.05) is 0 Å². The Labute approximate surface area is 121 Å². The number of benzene rings is 1. The lowest BCUT2D eigenvalue weighted by atomic mass is 9.61. The second-order valence-electron chi connectivity index (χ2n) is 6.67. The predicted molar refractivity (Wildman–Crippen MR) is 80.4 cm³/mol. The summed E-state index contributed by atoms with van der Waals surface area (Å²) in [4.78, 5) is 12.9. The Hall–Kier alpha value is -1.31. The molecule has 1 aromatic rings. The number of hydrogen-bond donors (Lipinski definition) is 0. The number of ketones is 1. The Kier molecular flexibility index (Phi) is 3.35. The first-order chi connectivity index (χ1) is 9.56. The maximum Gasteiger partial charge on any atom is 0.146 e. The summed E-state index contributed by atoms with van der Waals surface area (Å²) in [7, 11) is 1.70. The molecule has 0 radical (unpaired) electrons. The predicted octanol–water partition coefficient (Wildman–Crippen LogP) is 3.97. The number of carbonyl (C=O) groups excluding carboxylic acids is 1. The smallest absolute Gasteiger partial charge is 0.146 e. The number of aryl methyl sites for hydroxylation is 1. The van der Waals surface area contributed by atoms with Gasteiger partial charge < -0.3 is 4.74 Å². The average Bonchev–Trinajstić information content (AvgIpc) is 2.44. The van der Waals surface area contributed by atoms with E-state index in [0.29, 0.717) is 5.78 Å². The van der Waals surface area contributed by atoms with Crippen molar-refractivity contribution in [3.63, 3.8) is 0 Å². The summed E-state index contributed by atoms with van der Waals surface area (Å²) in [5.41, 5.74) is 3.62. The number of carbonyl (C=O) groups is 1. The lowest BCUT2D eigenvalue weighted by Crippen LogP contribution is -2.44. The van der Waals surface area contributed by atoms with Crippen molar-refractivity contribution in [3.05, 3.63) is 28.8 Å². The molecule has 2 heteroatoms. The van der Waals surface area contributed by atoms with Crippen LogP contribution < -0.4 is 4.74 Å². The Bertz CT molecular complexity index is 547. The Balaban J connectivity index is 2.18. The highest BCUT2D eigenvalue weighted by Gasteiger charge is 2.45. The van der Waals surface area contributed by atoms with E-state index in [4.69, 9.17) is 4.74 Å². The molecule has 2 bridgehead atoms. The molecule has 0 spiro atoms. The number of Topliss-reactive ketones (excluding diaryl/α,β-unsaturated/α-hetero) is 1. The van der Waals surface area contributed by atoms with E-state index in [1.165, 1.54) is 29.5 Å². The highest BCUT2D eigenvalue weighted by molar-refractivity contribution is 5.94. The van der Waals surface area contributed by atoms with Crippen LogP contribution >= 0.6 is 0 Å². The van der Waals surface area contributed by atoms with E-state index >= 15 is 0 Å². The number of fused-ring (bicyclic) bond motifs is 4. The van der Waals surface area contributed by atoms with Crippen molar-refractivity contribution in [2.24, 2.45) is 5.92 Å². The summed E-state index contributed by atoms with van der Waals surface area (Å²) >= 11 is 0. The summed E-state index contributed by atoms with van der Waals surface area (Å²) in [6.45, 7) is 4.31. The van der Waals surface area contributed by atoms with E-state index in [9.17, 15) is 4.79 Å². The third-order valence-electron chi connectivity index (χ3n) is 5.37. The van der Waals surface area contributed by atoms with Gasteiger partial charge in [0.2, 0.25) is 0 Å². The number of methoxy groups -OCH3 is 1. The first kappa shape index (κ1) is 13.7. The normalized spacial score (nSPS) is 29.4. The van der Waals surface area contributed by atoms with Crippen LogP contribution in [-0.2, 0) is 16.6 Å². The van der Waals surface area contributed by atoms with Gasteiger partial charge in [-0.05, 0) is 61.9 Å². The quantitative estimate of drug-likeness (QED) is 0.773. The molecule has 2 aliphatic rings. The van der Waals surface area contributed by atoms with Crippen LogP contribution in [0.4, 0.5) is 0 Å². The van der Waals surface area contributed by atoms with Crippen molar-refractivity contribution < 1.29 is 9.53 Å². The van der Waals surface area contributed by atoms with E-state index in [2.05, 4.69) is 26.0 Å². The molecule has 20 heavy (non-hydrogen) atoms. The molecule has 0 saturated heterocycles. The van der Waals surface area contributed by atoms with Gasteiger partial charge in [0.15, 0.2) is 0 Å². The van der Waals surface area contributed by atoms with E-state index in [-0.39, 0.29) is 11.3 Å². The molecular weight excluding hydrogens is 248 g/mol. The minimum Gasteiger partial charge on any atom is -0.497 e. The highest BCUT2D eigenvalue weighted by atomic mass is 16.5. The van der Waals surface area contributed by atoms with Crippen LogP contribution in [0.5, 0.6) is 5.75 Å². The first-order valence-corrected chi connectivity index (χ1v) is 7.78. The van der Waals surface area contributed by atoms with Crippen molar-refractivity contribution >= 4 is 5.78 Å².